The molecule has 1 aliphatic carbocycles. The maximum Gasteiger partial charge on any atom is 0.191 e. The molecule has 0 N–H and O–H groups in total. The van der Waals surface area contributed by atoms with Crippen LogP contribution >= 0.6 is 35.0 Å². The molecule has 0 aliphatic heterocycles. The summed E-state index contributed by atoms with van der Waals surface area (Å²) in [7, 11) is 1.97. The molecule has 0 saturated carbocycles. The lowest BCUT2D eigenvalue weighted by atomic mass is 9.88. The van der Waals surface area contributed by atoms with Crippen LogP contribution in [0.25, 0.3) is 0 Å². The van der Waals surface area contributed by atoms with E-state index in [1.165, 1.54) is 36.0 Å². The topological polar surface area (TPSA) is 39.9 Å². The summed E-state index contributed by atoms with van der Waals surface area (Å²) in [6.45, 7) is 2.56. The molecular weight excluding hydrogens is 425 g/mol. The number of fused-ring (bicyclic) bond motifs is 1. The lowest BCUT2D eigenvalue weighted by molar-refractivity contribution is 0.288. The van der Waals surface area contributed by atoms with Gasteiger partial charge in [0.15, 0.2) is 11.0 Å². The minimum absolute atomic E-state index is 0.399. The van der Waals surface area contributed by atoms with E-state index in [9.17, 15) is 0 Å². The van der Waals surface area contributed by atoms with Gasteiger partial charge in [-0.05, 0) is 73.1 Å². The van der Waals surface area contributed by atoms with E-state index in [-0.39, 0.29) is 0 Å². The van der Waals surface area contributed by atoms with Crippen LogP contribution in [0.3, 0.4) is 0 Å². The Morgan fingerprint density at radius 2 is 1.90 bits per heavy atom. The highest BCUT2D eigenvalue weighted by Crippen LogP contribution is 2.31. The quantitative estimate of drug-likeness (QED) is 0.422. The van der Waals surface area contributed by atoms with Crippen LogP contribution in [0.15, 0.2) is 35.5 Å². The number of ether oxygens (including phenoxy) is 1. The second-order valence-corrected chi connectivity index (χ2v) is 9.07. The van der Waals surface area contributed by atoms with Gasteiger partial charge in [-0.1, -0.05) is 47.1 Å². The van der Waals surface area contributed by atoms with Crippen molar-refractivity contribution in [2.24, 2.45) is 7.05 Å². The number of aromatic nitrogens is 3. The molecule has 0 radical (unpaired) electrons. The number of thioether (sulfide) groups is 1. The second-order valence-electron chi connectivity index (χ2n) is 7.32. The Kier molecular flexibility index (Phi) is 6.38. The second kappa shape index (κ2) is 8.99. The summed E-state index contributed by atoms with van der Waals surface area (Å²) in [6.07, 6.45) is 4.88. The minimum atomic E-state index is 0.399. The predicted octanol–water partition coefficient (Wildman–Crippen LogP) is 6.18. The maximum atomic E-state index is 6.11. The van der Waals surface area contributed by atoms with Crippen LogP contribution in [-0.4, -0.2) is 14.8 Å². The van der Waals surface area contributed by atoms with Gasteiger partial charge in [0.2, 0.25) is 0 Å². The van der Waals surface area contributed by atoms with Gasteiger partial charge in [0.25, 0.3) is 0 Å². The van der Waals surface area contributed by atoms with Crippen LogP contribution in [0.2, 0.25) is 10.0 Å². The fourth-order valence-corrected chi connectivity index (χ4v) is 4.86. The van der Waals surface area contributed by atoms with Crippen LogP contribution < -0.4 is 4.74 Å². The fraction of sp³-hybridized carbons (Fsp3) is 0.364. The fourth-order valence-electron chi connectivity index (χ4n) is 3.66. The van der Waals surface area contributed by atoms with Gasteiger partial charge in [-0.2, -0.15) is 0 Å². The number of halogens is 2. The number of hydrogen-bond acceptors (Lipinski definition) is 4. The number of nitrogens with zero attached hydrogens (tertiary/aromatic N) is 3. The van der Waals surface area contributed by atoms with E-state index in [1.54, 1.807) is 11.8 Å². The highest BCUT2D eigenvalue weighted by Gasteiger charge is 2.16. The summed E-state index contributed by atoms with van der Waals surface area (Å²) in [5.41, 5.74) is 5.29. The zero-order chi connectivity index (χ0) is 20.4. The van der Waals surface area contributed by atoms with Crippen LogP contribution in [0.5, 0.6) is 5.75 Å². The Morgan fingerprint density at radius 3 is 2.72 bits per heavy atom. The smallest absolute Gasteiger partial charge is 0.191 e. The molecule has 0 fully saturated rings. The van der Waals surface area contributed by atoms with E-state index in [4.69, 9.17) is 27.9 Å². The lowest BCUT2D eigenvalue weighted by Crippen LogP contribution is -2.08. The Morgan fingerprint density at radius 1 is 1.07 bits per heavy atom. The van der Waals surface area contributed by atoms with Crippen molar-refractivity contribution < 1.29 is 4.74 Å². The Hall–Kier alpha value is -1.69. The first-order chi connectivity index (χ1) is 14.0. The van der Waals surface area contributed by atoms with Gasteiger partial charge in [-0.25, -0.2) is 0 Å². The molecule has 0 spiro atoms. The van der Waals surface area contributed by atoms with Gasteiger partial charge in [0, 0.05) is 12.8 Å². The van der Waals surface area contributed by atoms with Crippen molar-refractivity contribution in [2.45, 2.75) is 50.1 Å². The van der Waals surface area contributed by atoms with E-state index in [2.05, 4.69) is 29.3 Å². The molecule has 1 aliphatic rings. The molecule has 7 heteroatoms. The molecule has 4 rings (SSSR count). The van der Waals surface area contributed by atoms with Gasteiger partial charge < -0.3 is 9.30 Å². The summed E-state index contributed by atoms with van der Waals surface area (Å²) in [5, 5.41) is 10.6. The molecule has 0 atom stereocenters. The van der Waals surface area contributed by atoms with E-state index >= 15 is 0 Å². The largest absolute Gasteiger partial charge is 0.485 e. The zero-order valence-electron chi connectivity index (χ0n) is 16.5. The van der Waals surface area contributed by atoms with Crippen LogP contribution in [0.4, 0.5) is 0 Å². The molecule has 29 heavy (non-hydrogen) atoms. The first kappa shape index (κ1) is 20.6. The van der Waals surface area contributed by atoms with Crippen LogP contribution in [-0.2, 0) is 32.2 Å². The van der Waals surface area contributed by atoms with Gasteiger partial charge in [-0.15, -0.1) is 10.2 Å². The summed E-state index contributed by atoms with van der Waals surface area (Å²) in [4.78, 5) is 0. The Labute approximate surface area is 185 Å². The van der Waals surface area contributed by atoms with E-state index in [0.717, 1.165) is 34.5 Å². The average molecular weight is 448 g/mol. The standard InChI is InChI=1S/C22H23Cl2N3OS/c1-14-17-6-4-3-5-16(17)8-10-20(14)28-12-21-25-26-22(27(21)2)29-13-15-7-9-18(23)19(24)11-15/h7-11H,3-6,12-13H2,1-2H3. The third-order valence-electron chi connectivity index (χ3n) is 5.40. The number of rotatable bonds is 6. The van der Waals surface area contributed by atoms with Crippen molar-refractivity contribution in [3.8, 4) is 5.75 Å². The van der Waals surface area contributed by atoms with E-state index in [1.807, 2.05) is 29.8 Å². The minimum Gasteiger partial charge on any atom is -0.485 e. The molecule has 152 valence electrons. The number of benzene rings is 2. The predicted molar refractivity (Wildman–Crippen MR) is 119 cm³/mol. The zero-order valence-corrected chi connectivity index (χ0v) is 18.9. The normalized spacial score (nSPS) is 13.4. The van der Waals surface area contributed by atoms with E-state index in [0.29, 0.717) is 16.7 Å². The van der Waals surface area contributed by atoms with Gasteiger partial charge >= 0.3 is 0 Å². The number of hydrogen-bond donors (Lipinski definition) is 0. The van der Waals surface area contributed by atoms with Crippen molar-refractivity contribution in [1.82, 2.24) is 14.8 Å². The third kappa shape index (κ3) is 4.57. The lowest BCUT2D eigenvalue weighted by Gasteiger charge is -2.20. The van der Waals surface area contributed by atoms with Gasteiger partial charge in [-0.3, -0.25) is 0 Å². The van der Waals surface area contributed by atoms with Crippen molar-refractivity contribution >= 4 is 35.0 Å². The molecule has 2 aromatic carbocycles. The highest BCUT2D eigenvalue weighted by molar-refractivity contribution is 7.98. The molecule has 1 aromatic heterocycles. The molecule has 0 bridgehead atoms. The average Bonchev–Trinajstić information content (AvgIpc) is 3.08. The molecule has 0 unspecified atom stereocenters. The van der Waals surface area contributed by atoms with Crippen LogP contribution in [0.1, 0.15) is 40.9 Å². The SMILES string of the molecule is Cc1c(OCc2nnc(SCc3ccc(Cl)c(Cl)c3)n2C)ccc2c1CCCC2. The first-order valence-corrected chi connectivity index (χ1v) is 11.5. The Bertz CT molecular complexity index is 1040. The third-order valence-corrected chi connectivity index (χ3v) is 7.23. The first-order valence-electron chi connectivity index (χ1n) is 9.72. The molecule has 4 nitrogen and oxygen atoms in total. The van der Waals surface area contributed by atoms with Crippen molar-refractivity contribution in [3.05, 3.63) is 68.5 Å². The molecular formula is C22H23Cl2N3OS. The van der Waals surface area contributed by atoms with Gasteiger partial charge in [0.1, 0.15) is 12.4 Å². The molecule has 0 amide bonds. The molecule has 0 saturated heterocycles. The van der Waals surface area contributed by atoms with E-state index < -0.39 is 0 Å². The summed E-state index contributed by atoms with van der Waals surface area (Å²) in [5.74, 6) is 2.49. The highest BCUT2D eigenvalue weighted by atomic mass is 35.5. The monoisotopic (exact) mass is 447 g/mol. The summed E-state index contributed by atoms with van der Waals surface area (Å²) >= 11 is 13.7. The van der Waals surface area contributed by atoms with Crippen molar-refractivity contribution in [2.75, 3.05) is 0 Å². The molecule has 3 aromatic rings. The molecule has 1 heterocycles. The van der Waals surface area contributed by atoms with Crippen molar-refractivity contribution in [1.29, 1.82) is 0 Å². The summed E-state index contributed by atoms with van der Waals surface area (Å²) in [6, 6.07) is 9.98. The Balaban J connectivity index is 1.40. The number of aryl methyl sites for hydroxylation is 1. The maximum absolute atomic E-state index is 6.11. The summed E-state index contributed by atoms with van der Waals surface area (Å²) < 4.78 is 8.09. The van der Waals surface area contributed by atoms with Crippen LogP contribution in [0, 0.1) is 6.92 Å². The van der Waals surface area contributed by atoms with Gasteiger partial charge in [0.05, 0.1) is 10.0 Å². The van der Waals surface area contributed by atoms with Crippen molar-refractivity contribution in [3.63, 3.8) is 0 Å².